The van der Waals surface area contributed by atoms with Crippen molar-refractivity contribution < 1.29 is 19.0 Å². The van der Waals surface area contributed by atoms with Crippen molar-refractivity contribution in [1.29, 1.82) is 0 Å². The van der Waals surface area contributed by atoms with E-state index in [2.05, 4.69) is 23.7 Å². The molecule has 1 atom stereocenters. The van der Waals surface area contributed by atoms with Crippen molar-refractivity contribution in [2.75, 3.05) is 38.8 Å². The standard InChI is InChI=1S/C29H33N3O5S/c1-7-31(8-2)20-15-14-19(23(17-20)36-6)16-24-27(33)32-26(21-12-10-11-13-22(21)35-5)25(28(34)37-9-3)18(4)30-29(32)38-24/h10-17,26H,7-9H2,1-6H3/b24-16-/t26-/m0/s1. The lowest BCUT2D eigenvalue weighted by molar-refractivity contribution is -0.139. The summed E-state index contributed by atoms with van der Waals surface area (Å²) in [7, 11) is 3.19. The predicted molar refractivity (Wildman–Crippen MR) is 150 cm³/mol. The van der Waals surface area contributed by atoms with Crippen LogP contribution in [0.15, 0.2) is 63.5 Å². The SMILES string of the molecule is CCOC(=O)C1=C(C)N=c2s/c(=C\c3ccc(N(CC)CC)cc3OC)c(=O)n2[C@H]1c1ccccc1OC. The number of para-hydroxylation sites is 1. The first-order chi connectivity index (χ1) is 18.4. The second kappa shape index (κ2) is 11.7. The summed E-state index contributed by atoms with van der Waals surface area (Å²) >= 11 is 1.27. The van der Waals surface area contributed by atoms with Crippen molar-refractivity contribution in [3.63, 3.8) is 0 Å². The second-order valence-electron chi connectivity index (χ2n) is 8.64. The fourth-order valence-electron chi connectivity index (χ4n) is 4.72. The molecule has 0 saturated heterocycles. The molecule has 38 heavy (non-hydrogen) atoms. The van der Waals surface area contributed by atoms with Crippen LogP contribution in [-0.2, 0) is 9.53 Å². The molecule has 0 unspecified atom stereocenters. The number of methoxy groups -OCH3 is 2. The minimum Gasteiger partial charge on any atom is -0.496 e. The molecule has 0 radical (unpaired) electrons. The Labute approximate surface area is 226 Å². The molecule has 0 fully saturated rings. The van der Waals surface area contributed by atoms with Gasteiger partial charge in [-0.15, -0.1) is 0 Å². The van der Waals surface area contributed by atoms with E-state index in [0.29, 0.717) is 37.7 Å². The Hall–Kier alpha value is -3.85. The Bertz CT molecular complexity index is 1550. The van der Waals surface area contributed by atoms with Gasteiger partial charge in [-0.05, 0) is 52.0 Å². The number of rotatable bonds is 9. The zero-order valence-corrected chi connectivity index (χ0v) is 23.4. The molecule has 9 heteroatoms. The van der Waals surface area contributed by atoms with Gasteiger partial charge in [0, 0.05) is 36.0 Å². The van der Waals surface area contributed by atoms with Crippen LogP contribution in [0.2, 0.25) is 0 Å². The fraction of sp³-hybridized carbons (Fsp3) is 0.345. The van der Waals surface area contributed by atoms with Gasteiger partial charge in [-0.25, -0.2) is 9.79 Å². The number of fused-ring (bicyclic) bond motifs is 1. The number of benzene rings is 2. The molecular formula is C29H33N3O5S. The molecule has 2 heterocycles. The number of hydrogen-bond donors (Lipinski definition) is 0. The summed E-state index contributed by atoms with van der Waals surface area (Å²) in [5.41, 5.74) is 3.08. The lowest BCUT2D eigenvalue weighted by Crippen LogP contribution is -2.40. The van der Waals surface area contributed by atoms with E-state index in [0.717, 1.165) is 24.3 Å². The maximum absolute atomic E-state index is 13.9. The van der Waals surface area contributed by atoms with E-state index in [-0.39, 0.29) is 12.2 Å². The van der Waals surface area contributed by atoms with Crippen LogP contribution in [-0.4, -0.2) is 44.5 Å². The molecule has 8 nitrogen and oxygen atoms in total. The van der Waals surface area contributed by atoms with Crippen LogP contribution < -0.4 is 29.3 Å². The molecule has 200 valence electrons. The van der Waals surface area contributed by atoms with Crippen molar-refractivity contribution in [3.8, 4) is 11.5 Å². The van der Waals surface area contributed by atoms with E-state index in [1.165, 1.54) is 11.3 Å². The molecule has 0 spiro atoms. The van der Waals surface area contributed by atoms with Gasteiger partial charge in [0.25, 0.3) is 5.56 Å². The molecular weight excluding hydrogens is 502 g/mol. The third-order valence-corrected chi connectivity index (χ3v) is 7.57. The van der Waals surface area contributed by atoms with Crippen LogP contribution in [0.25, 0.3) is 6.08 Å². The number of carbonyl (C=O) groups is 1. The Morgan fingerprint density at radius 3 is 2.45 bits per heavy atom. The highest BCUT2D eigenvalue weighted by atomic mass is 32.1. The first-order valence-corrected chi connectivity index (χ1v) is 13.5. The van der Waals surface area contributed by atoms with E-state index in [4.69, 9.17) is 14.2 Å². The summed E-state index contributed by atoms with van der Waals surface area (Å²) in [4.78, 5) is 34.4. The lowest BCUT2D eigenvalue weighted by Gasteiger charge is -2.25. The minimum absolute atomic E-state index is 0.210. The van der Waals surface area contributed by atoms with Crippen LogP contribution in [0.5, 0.6) is 11.5 Å². The Morgan fingerprint density at radius 2 is 1.79 bits per heavy atom. The topological polar surface area (TPSA) is 82.4 Å². The first kappa shape index (κ1) is 27.2. The van der Waals surface area contributed by atoms with Crippen molar-refractivity contribution in [2.45, 2.75) is 33.7 Å². The van der Waals surface area contributed by atoms with Gasteiger partial charge in [-0.3, -0.25) is 9.36 Å². The Kier molecular flexibility index (Phi) is 8.36. The predicted octanol–water partition coefficient (Wildman–Crippen LogP) is 3.66. The number of nitrogens with zero attached hydrogens (tertiary/aromatic N) is 3. The van der Waals surface area contributed by atoms with E-state index in [1.807, 2.05) is 48.5 Å². The molecule has 2 aromatic carbocycles. The molecule has 0 aliphatic carbocycles. The molecule has 1 aromatic heterocycles. The number of ether oxygens (including phenoxy) is 3. The van der Waals surface area contributed by atoms with E-state index < -0.39 is 12.0 Å². The molecule has 0 bridgehead atoms. The molecule has 1 aliphatic heterocycles. The number of hydrogen-bond acceptors (Lipinski definition) is 8. The van der Waals surface area contributed by atoms with E-state index in [1.54, 1.807) is 32.6 Å². The second-order valence-corrected chi connectivity index (χ2v) is 9.65. The lowest BCUT2D eigenvalue weighted by atomic mass is 9.95. The largest absolute Gasteiger partial charge is 0.496 e. The van der Waals surface area contributed by atoms with Crippen molar-refractivity contribution >= 4 is 29.1 Å². The first-order valence-electron chi connectivity index (χ1n) is 12.6. The third-order valence-electron chi connectivity index (χ3n) is 6.58. The summed E-state index contributed by atoms with van der Waals surface area (Å²) in [6.07, 6.45) is 1.82. The van der Waals surface area contributed by atoms with E-state index in [9.17, 15) is 9.59 Å². The zero-order valence-electron chi connectivity index (χ0n) is 22.6. The average molecular weight is 536 g/mol. The van der Waals surface area contributed by atoms with Crippen molar-refractivity contribution in [1.82, 2.24) is 4.57 Å². The van der Waals surface area contributed by atoms with Gasteiger partial charge in [0.1, 0.15) is 17.5 Å². The summed E-state index contributed by atoms with van der Waals surface area (Å²) in [6.45, 7) is 9.69. The number of thiazole rings is 1. The van der Waals surface area contributed by atoms with Gasteiger partial charge in [-0.1, -0.05) is 29.5 Å². The normalized spacial score (nSPS) is 15.1. The minimum atomic E-state index is -0.740. The number of allylic oxidation sites excluding steroid dienone is 1. The number of anilines is 1. The van der Waals surface area contributed by atoms with Gasteiger partial charge < -0.3 is 19.1 Å². The number of carbonyl (C=O) groups excluding carboxylic acids is 1. The van der Waals surface area contributed by atoms with Gasteiger partial charge >= 0.3 is 5.97 Å². The smallest absolute Gasteiger partial charge is 0.338 e. The van der Waals surface area contributed by atoms with Gasteiger partial charge in [0.15, 0.2) is 4.80 Å². The molecule has 0 saturated carbocycles. The quantitative estimate of drug-likeness (QED) is 0.389. The van der Waals surface area contributed by atoms with Gasteiger partial charge in [0.05, 0.1) is 36.6 Å². The van der Waals surface area contributed by atoms with Crippen molar-refractivity contribution in [2.24, 2.45) is 4.99 Å². The summed E-state index contributed by atoms with van der Waals surface area (Å²) in [5.74, 6) is 0.731. The summed E-state index contributed by atoms with van der Waals surface area (Å²) in [6, 6.07) is 12.6. The maximum atomic E-state index is 13.9. The summed E-state index contributed by atoms with van der Waals surface area (Å²) < 4.78 is 18.7. The fourth-order valence-corrected chi connectivity index (χ4v) is 5.76. The molecule has 3 aromatic rings. The Morgan fingerprint density at radius 1 is 1.08 bits per heavy atom. The van der Waals surface area contributed by atoms with Gasteiger partial charge in [0.2, 0.25) is 0 Å². The highest BCUT2D eigenvalue weighted by molar-refractivity contribution is 7.07. The van der Waals surface area contributed by atoms with Crippen LogP contribution in [0.4, 0.5) is 5.69 Å². The van der Waals surface area contributed by atoms with Crippen LogP contribution in [0.3, 0.4) is 0 Å². The molecule has 1 aliphatic rings. The van der Waals surface area contributed by atoms with Crippen LogP contribution in [0, 0.1) is 0 Å². The molecule has 0 N–H and O–H groups in total. The summed E-state index contributed by atoms with van der Waals surface area (Å²) in [5, 5.41) is 0. The zero-order chi connectivity index (χ0) is 27.4. The van der Waals surface area contributed by atoms with Crippen LogP contribution in [0.1, 0.15) is 44.9 Å². The molecule has 0 amide bonds. The van der Waals surface area contributed by atoms with Crippen molar-refractivity contribution in [3.05, 3.63) is 84.5 Å². The number of esters is 1. The van der Waals surface area contributed by atoms with Crippen LogP contribution >= 0.6 is 11.3 Å². The Balaban J connectivity index is 1.93. The van der Waals surface area contributed by atoms with E-state index >= 15 is 0 Å². The number of aromatic nitrogens is 1. The maximum Gasteiger partial charge on any atom is 0.338 e. The molecule has 4 rings (SSSR count). The van der Waals surface area contributed by atoms with Gasteiger partial charge in [-0.2, -0.15) is 0 Å². The highest BCUT2D eigenvalue weighted by Gasteiger charge is 2.35. The highest BCUT2D eigenvalue weighted by Crippen LogP contribution is 2.35. The average Bonchev–Trinajstić information content (AvgIpc) is 3.23. The third kappa shape index (κ3) is 4.98. The monoisotopic (exact) mass is 535 g/mol.